The predicted octanol–water partition coefficient (Wildman–Crippen LogP) is 1.92. The largest absolute Gasteiger partial charge is 0.576 e. The highest BCUT2D eigenvalue weighted by Gasteiger charge is 2.09. The van der Waals surface area contributed by atoms with Crippen molar-refractivity contribution in [3.05, 3.63) is 48.4 Å². The van der Waals surface area contributed by atoms with Gasteiger partial charge in [-0.2, -0.15) is 0 Å². The number of hydrogen-bond acceptors (Lipinski definition) is 10. The molecule has 0 aliphatic carbocycles. The Bertz CT molecular complexity index is 948. The molecule has 4 aromatic heterocycles. The lowest BCUT2D eigenvalue weighted by atomic mass is 10.3. The number of nitrogens with zero attached hydrogens (tertiary/aromatic N) is 6. The van der Waals surface area contributed by atoms with Crippen LogP contribution in [0.2, 0.25) is 0 Å². The summed E-state index contributed by atoms with van der Waals surface area (Å²) in [5.74, 6) is 2.77. The minimum atomic E-state index is 0.00137. The average molecular weight is 364 g/mol. The van der Waals surface area contributed by atoms with Crippen molar-refractivity contribution in [2.24, 2.45) is 0 Å². The first-order valence-corrected chi connectivity index (χ1v) is 7.96. The molecular formula is C16H13BN6O4. The molecule has 0 amide bonds. The van der Waals surface area contributed by atoms with Gasteiger partial charge in [0.1, 0.15) is 22.9 Å². The van der Waals surface area contributed by atoms with Gasteiger partial charge < -0.3 is 18.1 Å². The highest BCUT2D eigenvalue weighted by Crippen LogP contribution is 2.19. The summed E-state index contributed by atoms with van der Waals surface area (Å²) in [5.41, 5.74) is 1.14. The monoisotopic (exact) mass is 364 g/mol. The van der Waals surface area contributed by atoms with E-state index in [1.807, 2.05) is 0 Å². The Morgan fingerprint density at radius 1 is 0.704 bits per heavy atom. The lowest BCUT2D eigenvalue weighted by Gasteiger charge is -2.07. The normalized spacial score (nSPS) is 10.6. The maximum Gasteiger partial charge on any atom is 0.576 e. The Kier molecular flexibility index (Phi) is 4.48. The van der Waals surface area contributed by atoms with Gasteiger partial charge in [0.2, 0.25) is 11.8 Å². The van der Waals surface area contributed by atoms with E-state index in [0.29, 0.717) is 46.4 Å². The van der Waals surface area contributed by atoms with Crippen molar-refractivity contribution in [1.82, 2.24) is 30.4 Å². The summed E-state index contributed by atoms with van der Waals surface area (Å²) in [5, 5.41) is 15.4. The third kappa shape index (κ3) is 3.92. The van der Waals surface area contributed by atoms with Crippen molar-refractivity contribution in [3.8, 4) is 34.7 Å². The zero-order valence-electron chi connectivity index (χ0n) is 14.5. The second-order valence-electron chi connectivity index (χ2n) is 5.42. The molecule has 4 heterocycles. The van der Waals surface area contributed by atoms with E-state index in [1.54, 1.807) is 50.5 Å². The number of hydrogen-bond donors (Lipinski definition) is 0. The second-order valence-corrected chi connectivity index (χ2v) is 5.42. The fraction of sp³-hybridized carbons (Fsp3) is 0.125. The SMILES string of the molecule is Cc1nnc(-c2ccc(OBOc3ccc(-c4nnc(C)o4)nc3)cn2)o1. The van der Waals surface area contributed by atoms with E-state index < -0.39 is 0 Å². The first-order valence-electron chi connectivity index (χ1n) is 7.96. The maximum atomic E-state index is 5.50. The molecule has 4 aromatic rings. The van der Waals surface area contributed by atoms with Crippen LogP contribution in [-0.4, -0.2) is 38.0 Å². The Morgan fingerprint density at radius 2 is 1.19 bits per heavy atom. The van der Waals surface area contributed by atoms with Crippen LogP contribution in [0, 0.1) is 13.8 Å². The molecule has 0 radical (unpaired) electrons. The molecule has 11 heteroatoms. The van der Waals surface area contributed by atoms with E-state index in [4.69, 9.17) is 18.1 Å². The van der Waals surface area contributed by atoms with Crippen LogP contribution in [0.4, 0.5) is 0 Å². The quantitative estimate of drug-likeness (QED) is 0.469. The molecule has 27 heavy (non-hydrogen) atoms. The number of aromatic nitrogens is 6. The molecule has 0 aromatic carbocycles. The van der Waals surface area contributed by atoms with Crippen LogP contribution in [0.25, 0.3) is 23.2 Å². The Hall–Kier alpha value is -3.76. The van der Waals surface area contributed by atoms with E-state index >= 15 is 0 Å². The van der Waals surface area contributed by atoms with Crippen LogP contribution in [0.15, 0.2) is 45.5 Å². The van der Waals surface area contributed by atoms with Crippen molar-refractivity contribution < 1.29 is 18.1 Å². The van der Waals surface area contributed by atoms with Gasteiger partial charge in [-0.3, -0.25) is 0 Å². The van der Waals surface area contributed by atoms with Crippen LogP contribution < -0.4 is 9.31 Å². The van der Waals surface area contributed by atoms with E-state index in [2.05, 4.69) is 30.4 Å². The van der Waals surface area contributed by atoms with E-state index in [0.717, 1.165) is 0 Å². The van der Waals surface area contributed by atoms with E-state index in [1.165, 1.54) is 0 Å². The summed E-state index contributed by atoms with van der Waals surface area (Å²) >= 11 is 0. The summed E-state index contributed by atoms with van der Waals surface area (Å²) in [7, 11) is 0.00137. The zero-order valence-corrected chi connectivity index (χ0v) is 14.5. The van der Waals surface area contributed by atoms with Crippen LogP contribution in [0.3, 0.4) is 0 Å². The van der Waals surface area contributed by atoms with Gasteiger partial charge in [0, 0.05) is 13.8 Å². The van der Waals surface area contributed by atoms with Crippen molar-refractivity contribution in [1.29, 1.82) is 0 Å². The van der Waals surface area contributed by atoms with Crippen LogP contribution in [-0.2, 0) is 0 Å². The smallest absolute Gasteiger partial charge is 0.527 e. The molecule has 0 spiro atoms. The average Bonchev–Trinajstić information content (AvgIpc) is 3.31. The summed E-state index contributed by atoms with van der Waals surface area (Å²) in [4.78, 5) is 8.45. The maximum absolute atomic E-state index is 5.50. The van der Waals surface area contributed by atoms with Crippen LogP contribution >= 0.6 is 0 Å². The summed E-state index contributed by atoms with van der Waals surface area (Å²) in [6.07, 6.45) is 3.11. The first kappa shape index (κ1) is 16.7. The molecule has 10 nitrogen and oxygen atoms in total. The lowest BCUT2D eigenvalue weighted by Crippen LogP contribution is -2.11. The fourth-order valence-electron chi connectivity index (χ4n) is 2.15. The highest BCUT2D eigenvalue weighted by molar-refractivity contribution is 6.20. The van der Waals surface area contributed by atoms with Crippen LogP contribution in [0.1, 0.15) is 11.8 Å². The zero-order chi connectivity index (χ0) is 18.6. The molecule has 0 aliphatic heterocycles. The van der Waals surface area contributed by atoms with Crippen molar-refractivity contribution in [2.45, 2.75) is 13.8 Å². The third-order valence-corrected chi connectivity index (χ3v) is 3.41. The van der Waals surface area contributed by atoms with Gasteiger partial charge in [-0.25, -0.2) is 9.97 Å². The molecule has 0 saturated heterocycles. The molecular weight excluding hydrogens is 351 g/mol. The van der Waals surface area contributed by atoms with Crippen molar-refractivity contribution in [3.63, 3.8) is 0 Å². The molecule has 0 N–H and O–H groups in total. The highest BCUT2D eigenvalue weighted by atomic mass is 16.6. The molecule has 0 unspecified atom stereocenters. The number of pyridine rings is 2. The molecule has 134 valence electrons. The second kappa shape index (κ2) is 7.24. The standard InChI is InChI=1S/C16H13BN6O4/c1-9-20-22-15(24-9)13-5-3-11(7-18-13)26-17-27-12-4-6-14(19-8-12)16-23-21-10(2)25-16/h3-8,17H,1-2H3. The minimum absolute atomic E-state index is 0.00137. The number of aryl methyl sites for hydroxylation is 2. The van der Waals surface area contributed by atoms with Gasteiger partial charge in [0.05, 0.1) is 12.4 Å². The van der Waals surface area contributed by atoms with Gasteiger partial charge in [-0.1, -0.05) is 0 Å². The molecule has 0 fully saturated rings. The van der Waals surface area contributed by atoms with Gasteiger partial charge in [0.25, 0.3) is 11.8 Å². The van der Waals surface area contributed by atoms with Gasteiger partial charge in [-0.05, 0) is 24.3 Å². The molecule has 0 bridgehead atoms. The molecule has 0 atom stereocenters. The molecule has 4 rings (SSSR count). The summed E-state index contributed by atoms with van der Waals surface area (Å²) in [6.45, 7) is 3.44. The van der Waals surface area contributed by atoms with Crippen molar-refractivity contribution >= 4 is 7.69 Å². The van der Waals surface area contributed by atoms with Crippen molar-refractivity contribution in [2.75, 3.05) is 0 Å². The Morgan fingerprint density at radius 3 is 1.52 bits per heavy atom. The Balaban J connectivity index is 1.31. The summed E-state index contributed by atoms with van der Waals surface area (Å²) in [6, 6.07) is 6.94. The van der Waals surface area contributed by atoms with Crippen LogP contribution in [0.5, 0.6) is 11.5 Å². The van der Waals surface area contributed by atoms with Gasteiger partial charge >= 0.3 is 7.69 Å². The predicted molar refractivity (Wildman–Crippen MR) is 92.9 cm³/mol. The third-order valence-electron chi connectivity index (χ3n) is 3.41. The first-order chi connectivity index (χ1) is 13.2. The fourth-order valence-corrected chi connectivity index (χ4v) is 2.15. The molecule has 0 aliphatic rings. The molecule has 0 saturated carbocycles. The van der Waals surface area contributed by atoms with E-state index in [-0.39, 0.29) is 7.69 Å². The van der Waals surface area contributed by atoms with E-state index in [9.17, 15) is 0 Å². The lowest BCUT2D eigenvalue weighted by molar-refractivity contribution is 0.456. The van der Waals surface area contributed by atoms with Gasteiger partial charge in [0.15, 0.2) is 0 Å². The minimum Gasteiger partial charge on any atom is -0.527 e. The topological polar surface area (TPSA) is 122 Å². The Labute approximate surface area is 153 Å². The summed E-state index contributed by atoms with van der Waals surface area (Å²) < 4.78 is 21.6. The van der Waals surface area contributed by atoms with Gasteiger partial charge in [-0.15, -0.1) is 20.4 Å². The number of rotatable bonds is 6.